The minimum Gasteiger partial charge on any atom is 0 e. The number of aromatic nitrogens is 2. The van der Waals surface area contributed by atoms with Gasteiger partial charge in [0.15, 0.2) is 0 Å². The van der Waals surface area contributed by atoms with E-state index in [1.807, 2.05) is 65.4 Å². The Bertz CT molecular complexity index is 2280. The summed E-state index contributed by atoms with van der Waals surface area (Å²) < 4.78 is 6.65. The van der Waals surface area contributed by atoms with Gasteiger partial charge in [0.05, 0.1) is 0 Å². The third-order valence-corrected chi connectivity index (χ3v) is 14.5. The molecule has 0 atom stereocenters. The number of fused-ring (bicyclic) bond motifs is 6. The molecule has 8 rings (SSSR count). The molecule has 1 radical (unpaired) electrons. The Morgan fingerprint density at radius 2 is 1.29 bits per heavy atom. The van der Waals surface area contributed by atoms with Gasteiger partial charge in [0, 0.05) is 51.2 Å². The van der Waals surface area contributed by atoms with Crippen molar-refractivity contribution in [3.8, 4) is 22.5 Å². The summed E-state index contributed by atoms with van der Waals surface area (Å²) in [4.78, 5) is 9.37. The molecule has 0 aliphatic heterocycles. The van der Waals surface area contributed by atoms with Gasteiger partial charge in [-0.2, -0.15) is 11.3 Å². The largest absolute Gasteiger partial charge is 0 e. The van der Waals surface area contributed by atoms with Crippen molar-refractivity contribution in [2.24, 2.45) is 0 Å². The molecule has 4 heterocycles. The predicted octanol–water partition coefficient (Wildman–Crippen LogP) is 11.0. The first kappa shape index (κ1) is 31.8. The Hall–Kier alpha value is -3.19. The third kappa shape index (κ3) is 6.43. The molecule has 45 heavy (non-hydrogen) atoms. The van der Waals surface area contributed by atoms with Gasteiger partial charge in [-0.25, -0.2) is 0 Å². The van der Waals surface area contributed by atoms with Crippen molar-refractivity contribution in [3.63, 3.8) is 0 Å². The molecule has 8 aromatic rings. The van der Waals surface area contributed by atoms with E-state index in [1.165, 1.54) is 55.9 Å². The molecule has 0 spiro atoms. The average Bonchev–Trinajstić information content (AvgIpc) is 3.58. The van der Waals surface area contributed by atoms with Gasteiger partial charge in [0.2, 0.25) is 0 Å². The first-order chi connectivity index (χ1) is 21.2. The summed E-state index contributed by atoms with van der Waals surface area (Å²) in [5, 5.41) is 5.15. The number of pyridine rings is 2. The van der Waals surface area contributed by atoms with Gasteiger partial charge in [-0.05, 0) is 52.9 Å². The van der Waals surface area contributed by atoms with E-state index in [1.54, 1.807) is 0 Å². The second-order valence-electron chi connectivity index (χ2n) is 12.3. The monoisotopic (exact) mass is 859 g/mol. The van der Waals surface area contributed by atoms with Crippen molar-refractivity contribution in [2.45, 2.75) is 31.1 Å². The van der Waals surface area contributed by atoms with Gasteiger partial charge in [-0.15, -0.1) is 35.1 Å². The summed E-state index contributed by atoms with van der Waals surface area (Å²) in [5.74, 6) is 7.14. The zero-order valence-corrected chi connectivity index (χ0v) is 32.0. The molecule has 6 heteroatoms. The molecule has 0 aliphatic carbocycles. The van der Waals surface area contributed by atoms with E-state index in [9.17, 15) is 0 Å². The van der Waals surface area contributed by atoms with Crippen LogP contribution < -0.4 is 4.40 Å². The van der Waals surface area contributed by atoms with Crippen LogP contribution in [-0.2, 0) is 20.1 Å². The van der Waals surface area contributed by atoms with Crippen LogP contribution in [0.4, 0.5) is 0 Å². The maximum atomic E-state index is 4.84. The van der Waals surface area contributed by atoms with E-state index >= 15 is 0 Å². The fraction of sp³-hybridized carbons (Fsp3) is 0.128. The Morgan fingerprint density at radius 3 is 1.96 bits per heavy atom. The van der Waals surface area contributed by atoms with Crippen LogP contribution >= 0.6 is 22.7 Å². The second-order valence-corrected chi connectivity index (χ2v) is 25.1. The third-order valence-electron chi connectivity index (χ3n) is 7.97. The van der Waals surface area contributed by atoms with E-state index in [2.05, 4.69) is 109 Å². The van der Waals surface area contributed by atoms with Crippen LogP contribution in [0.15, 0.2) is 103 Å². The maximum Gasteiger partial charge on any atom is 0 e. The molecule has 0 saturated heterocycles. The van der Waals surface area contributed by atoms with Gasteiger partial charge in [-0.1, -0.05) is 35.7 Å². The molecular weight excluding hydrogens is 825 g/mol. The zero-order chi connectivity index (χ0) is 30.4. The number of aryl methyl sites for hydroxylation is 2. The van der Waals surface area contributed by atoms with Crippen LogP contribution in [0.3, 0.4) is 0 Å². The summed E-state index contributed by atoms with van der Waals surface area (Å²) in [7, 11) is 0. The predicted molar refractivity (Wildman–Crippen MR) is 195 cm³/mol. The smallest absolute Gasteiger partial charge is 0 e. The fourth-order valence-corrected chi connectivity index (χ4v) is 10.2. The van der Waals surface area contributed by atoms with E-state index in [-0.39, 0.29) is 20.1 Å². The molecule has 0 N–H and O–H groups in total. The fourth-order valence-electron chi connectivity index (χ4n) is 5.50. The second kappa shape index (κ2) is 12.9. The Morgan fingerprint density at radius 1 is 0.600 bits per heavy atom. The van der Waals surface area contributed by atoms with Crippen molar-refractivity contribution in [1.29, 1.82) is 0 Å². The summed E-state index contributed by atoms with van der Waals surface area (Å²) in [6.07, 6.45) is 4.07. The Labute approximate surface area is 288 Å². The minimum atomic E-state index is -1.72. The van der Waals surface area contributed by atoms with Crippen molar-refractivity contribution in [2.75, 3.05) is 0 Å². The van der Waals surface area contributed by atoms with Gasteiger partial charge < -0.3 is 4.98 Å². The SMILES string of the molecule is Cc1ccc2c(c1)sc1cc(-c3[c-]ccc4c3sc3cc(C)ccc34)ncc12.[CH3][Ge]([CH3])([CH3])[c]1ccc(-c2[c-]cccc2)nc1.[Ir]. The molecule has 0 amide bonds. The molecule has 4 aromatic carbocycles. The summed E-state index contributed by atoms with van der Waals surface area (Å²) >= 11 is 1.97. The zero-order valence-electron chi connectivity index (χ0n) is 25.9. The van der Waals surface area contributed by atoms with Gasteiger partial charge in [0.25, 0.3) is 0 Å². The molecule has 225 valence electrons. The minimum absolute atomic E-state index is 0. The summed E-state index contributed by atoms with van der Waals surface area (Å²) in [6, 6.07) is 38.7. The molecule has 2 nitrogen and oxygen atoms in total. The molecule has 0 saturated carbocycles. The molecule has 0 bridgehead atoms. The number of hydrogen-bond acceptors (Lipinski definition) is 4. The quantitative estimate of drug-likeness (QED) is 0.131. The van der Waals surface area contributed by atoms with Gasteiger partial charge in [0.1, 0.15) is 0 Å². The topological polar surface area (TPSA) is 25.8 Å². The van der Waals surface area contributed by atoms with E-state index in [0.717, 1.165) is 22.5 Å². The van der Waals surface area contributed by atoms with Crippen LogP contribution in [-0.4, -0.2) is 23.2 Å². The Kier molecular flexibility index (Phi) is 9.11. The number of rotatable bonds is 3. The van der Waals surface area contributed by atoms with Crippen molar-refractivity contribution >= 4 is 80.7 Å². The number of thiophene rings is 2. The van der Waals surface area contributed by atoms with Crippen LogP contribution in [0.25, 0.3) is 62.9 Å². The molecule has 0 fully saturated rings. The van der Waals surface area contributed by atoms with E-state index in [4.69, 9.17) is 4.98 Å². The first-order valence-electron chi connectivity index (χ1n) is 14.8. The number of hydrogen-bond donors (Lipinski definition) is 0. The Balaban J connectivity index is 0.000000181. The maximum absolute atomic E-state index is 4.84. The van der Waals surface area contributed by atoms with Crippen LogP contribution in [0.5, 0.6) is 0 Å². The molecule has 0 aliphatic rings. The van der Waals surface area contributed by atoms with E-state index in [0.29, 0.717) is 0 Å². The number of nitrogens with zero attached hydrogens (tertiary/aromatic N) is 2. The molecular formula is C39H32GeIrN2S2-2. The molecule has 4 aromatic heterocycles. The van der Waals surface area contributed by atoms with Crippen molar-refractivity contribution in [1.82, 2.24) is 9.97 Å². The summed E-state index contributed by atoms with van der Waals surface area (Å²) in [5.41, 5.74) is 6.78. The normalized spacial score (nSPS) is 11.5. The van der Waals surface area contributed by atoms with Crippen molar-refractivity contribution in [3.05, 3.63) is 127 Å². The van der Waals surface area contributed by atoms with Gasteiger partial charge in [-0.3, -0.25) is 0 Å². The number of benzene rings is 4. The van der Waals surface area contributed by atoms with Crippen molar-refractivity contribution < 1.29 is 20.1 Å². The van der Waals surface area contributed by atoms with Gasteiger partial charge >= 0.3 is 99.8 Å². The first-order valence-corrected chi connectivity index (χ1v) is 23.8. The average molecular weight is 858 g/mol. The van der Waals surface area contributed by atoms with Crippen LogP contribution in [0.1, 0.15) is 11.1 Å². The van der Waals surface area contributed by atoms with Crippen LogP contribution in [0.2, 0.25) is 17.3 Å². The standard InChI is InChI=1S/C25H16NS2.C14H16GeN.Ir/c1-14-7-9-17-20-13-26-21(12-24(20)27-22(17)10-14)19-5-3-4-18-16-8-6-15(2)11-23(16)28-25(18)19;1-15(2,3)13-9-10-14(16-11-13)12-7-5-4-6-8-12;/h3-4,6-13H,1-2H3;4-7,9-11H,1-3H3;/q2*-1;. The molecule has 0 unspecified atom stereocenters. The van der Waals surface area contributed by atoms with Crippen LogP contribution in [0, 0.1) is 26.0 Å². The van der Waals surface area contributed by atoms with E-state index < -0.39 is 13.3 Å². The summed E-state index contributed by atoms with van der Waals surface area (Å²) in [6.45, 7) is 4.29.